The van der Waals surface area contributed by atoms with Gasteiger partial charge in [-0.3, -0.25) is 4.79 Å². The number of rotatable bonds is 3. The summed E-state index contributed by atoms with van der Waals surface area (Å²) < 4.78 is 0.951. The van der Waals surface area contributed by atoms with E-state index in [1.54, 1.807) is 0 Å². The van der Waals surface area contributed by atoms with E-state index in [1.807, 2.05) is 25.1 Å². The minimum atomic E-state index is 0.0490. The molecule has 18 heavy (non-hydrogen) atoms. The molecule has 1 amide bonds. The highest BCUT2D eigenvalue weighted by atomic mass is 79.9. The molecule has 1 aromatic carbocycles. The van der Waals surface area contributed by atoms with E-state index in [1.165, 1.54) is 19.3 Å². The van der Waals surface area contributed by atoms with Gasteiger partial charge < -0.3 is 5.32 Å². The summed E-state index contributed by atoms with van der Waals surface area (Å²) in [6.07, 6.45) is 3.85. The highest BCUT2D eigenvalue weighted by molar-refractivity contribution is 9.10. The molecule has 1 N–H and O–H groups in total. The summed E-state index contributed by atoms with van der Waals surface area (Å²) in [6, 6.07) is 5.82. The quantitative estimate of drug-likeness (QED) is 0.900. The second kappa shape index (κ2) is 5.87. The number of hydrogen-bond donors (Lipinski definition) is 1. The molecule has 3 heteroatoms. The Morgan fingerprint density at radius 3 is 2.89 bits per heavy atom. The molecule has 1 fully saturated rings. The molecule has 2 unspecified atom stereocenters. The van der Waals surface area contributed by atoms with Crippen LogP contribution in [0.4, 0.5) is 0 Å². The Hall–Kier alpha value is -0.830. The van der Waals surface area contributed by atoms with Crippen LogP contribution in [0.5, 0.6) is 0 Å². The number of nitrogens with one attached hydrogen (secondary N) is 1. The summed E-state index contributed by atoms with van der Waals surface area (Å²) in [6.45, 7) is 5.07. The van der Waals surface area contributed by atoms with Crippen LogP contribution >= 0.6 is 15.9 Å². The molecule has 0 aromatic heterocycles. The Balaban J connectivity index is 1.97. The number of amides is 1. The highest BCUT2D eigenvalue weighted by Crippen LogP contribution is 2.30. The fraction of sp³-hybridized carbons (Fsp3) is 0.533. The molecule has 1 aliphatic rings. The van der Waals surface area contributed by atoms with Crippen molar-refractivity contribution in [3.8, 4) is 0 Å². The summed E-state index contributed by atoms with van der Waals surface area (Å²) in [4.78, 5) is 12.1. The van der Waals surface area contributed by atoms with Gasteiger partial charge in [0.15, 0.2) is 0 Å². The standard InChI is InChI=1S/C15H20BrNO/c1-10-4-3-5-12(10)9-17-15(18)14-8-13(16)7-6-11(14)2/h6-8,10,12H,3-5,9H2,1-2H3,(H,17,18). The molecule has 0 radical (unpaired) electrons. The normalized spacial score (nSPS) is 23.1. The average molecular weight is 310 g/mol. The van der Waals surface area contributed by atoms with Crippen molar-refractivity contribution in [3.05, 3.63) is 33.8 Å². The molecule has 0 heterocycles. The lowest BCUT2D eigenvalue weighted by atomic mass is 9.98. The maximum absolute atomic E-state index is 12.1. The first kappa shape index (κ1) is 13.6. The SMILES string of the molecule is Cc1ccc(Br)cc1C(=O)NCC1CCCC1C. The van der Waals surface area contributed by atoms with Crippen LogP contribution in [-0.2, 0) is 0 Å². The van der Waals surface area contributed by atoms with E-state index in [0.29, 0.717) is 5.92 Å². The van der Waals surface area contributed by atoms with E-state index in [4.69, 9.17) is 0 Å². The van der Waals surface area contributed by atoms with E-state index in [-0.39, 0.29) is 5.91 Å². The van der Waals surface area contributed by atoms with Gasteiger partial charge in [0.05, 0.1) is 0 Å². The Morgan fingerprint density at radius 2 is 2.22 bits per heavy atom. The van der Waals surface area contributed by atoms with E-state index in [0.717, 1.165) is 28.1 Å². The van der Waals surface area contributed by atoms with E-state index in [2.05, 4.69) is 28.2 Å². The van der Waals surface area contributed by atoms with Crippen molar-refractivity contribution in [2.24, 2.45) is 11.8 Å². The molecule has 0 aliphatic heterocycles. The summed E-state index contributed by atoms with van der Waals surface area (Å²) >= 11 is 3.41. The first-order chi connectivity index (χ1) is 8.58. The average Bonchev–Trinajstić information content (AvgIpc) is 2.75. The molecule has 1 saturated carbocycles. The van der Waals surface area contributed by atoms with Crippen LogP contribution in [0.15, 0.2) is 22.7 Å². The zero-order valence-corrected chi connectivity index (χ0v) is 12.6. The van der Waals surface area contributed by atoms with Crippen LogP contribution < -0.4 is 5.32 Å². The second-order valence-electron chi connectivity index (χ2n) is 5.34. The summed E-state index contributed by atoms with van der Waals surface area (Å²) in [5.41, 5.74) is 1.80. The van der Waals surface area contributed by atoms with Crippen molar-refractivity contribution >= 4 is 21.8 Å². The van der Waals surface area contributed by atoms with Crippen molar-refractivity contribution < 1.29 is 4.79 Å². The topological polar surface area (TPSA) is 29.1 Å². The van der Waals surface area contributed by atoms with Crippen LogP contribution in [0.1, 0.15) is 42.1 Å². The van der Waals surface area contributed by atoms with Gasteiger partial charge in [-0.25, -0.2) is 0 Å². The highest BCUT2D eigenvalue weighted by Gasteiger charge is 2.23. The zero-order valence-electron chi connectivity index (χ0n) is 11.0. The largest absolute Gasteiger partial charge is 0.352 e. The molecule has 0 bridgehead atoms. The summed E-state index contributed by atoms with van der Waals surface area (Å²) in [7, 11) is 0. The number of carbonyl (C=O) groups excluding carboxylic acids is 1. The van der Waals surface area contributed by atoms with Crippen molar-refractivity contribution in [1.29, 1.82) is 0 Å². The number of benzene rings is 1. The van der Waals surface area contributed by atoms with Gasteiger partial charge in [-0.1, -0.05) is 41.8 Å². The Morgan fingerprint density at radius 1 is 1.44 bits per heavy atom. The van der Waals surface area contributed by atoms with Gasteiger partial charge >= 0.3 is 0 Å². The summed E-state index contributed by atoms with van der Waals surface area (Å²) in [5.74, 6) is 1.45. The Bertz CT molecular complexity index is 444. The summed E-state index contributed by atoms with van der Waals surface area (Å²) in [5, 5.41) is 3.08. The van der Waals surface area contributed by atoms with E-state index < -0.39 is 0 Å². The fourth-order valence-corrected chi connectivity index (χ4v) is 3.04. The van der Waals surface area contributed by atoms with Gasteiger partial charge in [-0.05, 0) is 42.9 Å². The number of carbonyl (C=O) groups is 1. The molecule has 2 rings (SSSR count). The first-order valence-corrected chi connectivity index (χ1v) is 7.41. The van der Waals surface area contributed by atoms with E-state index >= 15 is 0 Å². The number of aryl methyl sites for hydroxylation is 1. The second-order valence-corrected chi connectivity index (χ2v) is 6.25. The van der Waals surface area contributed by atoms with Gasteiger partial charge in [0.1, 0.15) is 0 Å². The third-order valence-corrected chi connectivity index (χ3v) is 4.50. The lowest BCUT2D eigenvalue weighted by molar-refractivity contribution is 0.0944. The molecule has 0 saturated heterocycles. The minimum Gasteiger partial charge on any atom is -0.352 e. The predicted octanol–water partition coefficient (Wildman–Crippen LogP) is 3.92. The molecule has 1 aliphatic carbocycles. The lowest BCUT2D eigenvalue weighted by Gasteiger charge is -2.16. The van der Waals surface area contributed by atoms with Crippen molar-refractivity contribution in [2.45, 2.75) is 33.1 Å². The number of halogens is 1. The van der Waals surface area contributed by atoms with Crippen LogP contribution in [0.3, 0.4) is 0 Å². The van der Waals surface area contributed by atoms with Gasteiger partial charge in [0.25, 0.3) is 5.91 Å². The molecule has 98 valence electrons. The van der Waals surface area contributed by atoms with E-state index in [9.17, 15) is 4.79 Å². The monoisotopic (exact) mass is 309 g/mol. The maximum Gasteiger partial charge on any atom is 0.251 e. The fourth-order valence-electron chi connectivity index (χ4n) is 2.68. The first-order valence-electron chi connectivity index (χ1n) is 6.62. The third-order valence-electron chi connectivity index (χ3n) is 4.01. The molecule has 2 atom stereocenters. The lowest BCUT2D eigenvalue weighted by Crippen LogP contribution is -2.30. The minimum absolute atomic E-state index is 0.0490. The Labute approximate surface area is 117 Å². The molecule has 2 nitrogen and oxygen atoms in total. The zero-order chi connectivity index (χ0) is 13.1. The van der Waals surface area contributed by atoms with Crippen LogP contribution in [0.25, 0.3) is 0 Å². The van der Waals surface area contributed by atoms with Gasteiger partial charge in [0.2, 0.25) is 0 Å². The van der Waals surface area contributed by atoms with Crippen LogP contribution in [0.2, 0.25) is 0 Å². The molecular weight excluding hydrogens is 290 g/mol. The van der Waals surface area contributed by atoms with Gasteiger partial charge in [-0.15, -0.1) is 0 Å². The van der Waals surface area contributed by atoms with Crippen molar-refractivity contribution in [2.75, 3.05) is 6.54 Å². The van der Waals surface area contributed by atoms with Gasteiger partial charge in [0, 0.05) is 16.6 Å². The molecular formula is C15H20BrNO. The van der Waals surface area contributed by atoms with Crippen molar-refractivity contribution in [3.63, 3.8) is 0 Å². The van der Waals surface area contributed by atoms with Gasteiger partial charge in [-0.2, -0.15) is 0 Å². The predicted molar refractivity (Wildman–Crippen MR) is 77.7 cm³/mol. The number of hydrogen-bond acceptors (Lipinski definition) is 1. The Kier molecular flexibility index (Phi) is 4.44. The maximum atomic E-state index is 12.1. The third kappa shape index (κ3) is 3.14. The van der Waals surface area contributed by atoms with Crippen LogP contribution in [-0.4, -0.2) is 12.5 Å². The molecule has 0 spiro atoms. The van der Waals surface area contributed by atoms with Crippen LogP contribution in [0, 0.1) is 18.8 Å². The van der Waals surface area contributed by atoms with Crippen molar-refractivity contribution in [1.82, 2.24) is 5.32 Å². The smallest absolute Gasteiger partial charge is 0.251 e. The molecule has 1 aromatic rings.